The van der Waals surface area contributed by atoms with Crippen LogP contribution in [-0.4, -0.2) is 16.0 Å². The van der Waals surface area contributed by atoms with Gasteiger partial charge in [-0.15, -0.1) is 0 Å². The molecule has 2 rings (SSSR count). The van der Waals surface area contributed by atoms with Crippen LogP contribution in [0.5, 0.6) is 0 Å². The number of hydrogen-bond acceptors (Lipinski definition) is 4. The van der Waals surface area contributed by atoms with Crippen LogP contribution in [0, 0.1) is 21.7 Å². The van der Waals surface area contributed by atoms with E-state index in [1.54, 1.807) is 0 Å². The maximum Gasteiger partial charge on any atom is 0.342 e. The van der Waals surface area contributed by atoms with Crippen molar-refractivity contribution in [1.29, 1.82) is 0 Å². The van der Waals surface area contributed by atoms with E-state index in [0.29, 0.717) is 0 Å². The van der Waals surface area contributed by atoms with Crippen molar-refractivity contribution in [2.45, 2.75) is 0 Å². The maximum atomic E-state index is 13.5. The molecule has 0 saturated heterocycles. The third-order valence-electron chi connectivity index (χ3n) is 2.66. The number of benzene rings is 2. The minimum atomic E-state index is -1.51. The van der Waals surface area contributed by atoms with Crippen LogP contribution in [0.15, 0.2) is 36.4 Å². The molecule has 0 fully saturated rings. The largest absolute Gasteiger partial charge is 0.477 e. The Morgan fingerprint density at radius 2 is 1.81 bits per heavy atom. The van der Waals surface area contributed by atoms with Crippen LogP contribution < -0.4 is 5.32 Å². The molecule has 0 aliphatic carbocycles. The van der Waals surface area contributed by atoms with E-state index in [4.69, 9.17) is 5.11 Å². The van der Waals surface area contributed by atoms with Gasteiger partial charge in [-0.2, -0.15) is 0 Å². The summed E-state index contributed by atoms with van der Waals surface area (Å²) in [5.74, 6) is -3.25. The van der Waals surface area contributed by atoms with Crippen molar-refractivity contribution in [3.05, 3.63) is 63.7 Å². The van der Waals surface area contributed by atoms with Crippen LogP contribution in [0.25, 0.3) is 0 Å². The first kappa shape index (κ1) is 14.4. The highest BCUT2D eigenvalue weighted by atomic mass is 19.1. The SMILES string of the molecule is O=C(O)c1cc(Nc2c(F)cccc2F)ccc1[N+](=O)[O-]. The molecule has 0 saturated carbocycles. The molecule has 0 spiro atoms. The van der Waals surface area contributed by atoms with E-state index < -0.39 is 39.5 Å². The second-order valence-corrected chi connectivity index (χ2v) is 4.02. The van der Waals surface area contributed by atoms with Crippen molar-refractivity contribution in [1.82, 2.24) is 0 Å². The summed E-state index contributed by atoms with van der Waals surface area (Å²) in [7, 11) is 0. The van der Waals surface area contributed by atoms with Gasteiger partial charge < -0.3 is 10.4 Å². The van der Waals surface area contributed by atoms with Gasteiger partial charge in [0.25, 0.3) is 5.69 Å². The molecule has 0 amide bonds. The first-order valence-corrected chi connectivity index (χ1v) is 5.63. The zero-order valence-electron chi connectivity index (χ0n) is 10.3. The predicted molar refractivity (Wildman–Crippen MR) is 69.7 cm³/mol. The number of nitrogens with one attached hydrogen (secondary N) is 1. The third-order valence-corrected chi connectivity index (χ3v) is 2.66. The first-order chi connectivity index (χ1) is 9.90. The monoisotopic (exact) mass is 294 g/mol. The fourth-order valence-electron chi connectivity index (χ4n) is 1.71. The lowest BCUT2D eigenvalue weighted by Gasteiger charge is -2.09. The highest BCUT2D eigenvalue weighted by Gasteiger charge is 2.20. The number of aromatic carboxylic acids is 1. The van der Waals surface area contributed by atoms with E-state index in [1.807, 2.05) is 0 Å². The number of anilines is 2. The normalized spacial score (nSPS) is 10.2. The van der Waals surface area contributed by atoms with E-state index in [2.05, 4.69) is 5.32 Å². The van der Waals surface area contributed by atoms with Gasteiger partial charge in [0, 0.05) is 11.8 Å². The lowest BCUT2D eigenvalue weighted by atomic mass is 10.1. The lowest BCUT2D eigenvalue weighted by Crippen LogP contribution is -2.04. The molecule has 0 atom stereocenters. The molecule has 0 aliphatic heterocycles. The van der Waals surface area contributed by atoms with Gasteiger partial charge >= 0.3 is 5.97 Å². The zero-order valence-corrected chi connectivity index (χ0v) is 10.3. The summed E-state index contributed by atoms with van der Waals surface area (Å²) in [6.45, 7) is 0. The van der Waals surface area contributed by atoms with Gasteiger partial charge in [0.05, 0.1) is 4.92 Å². The fraction of sp³-hybridized carbons (Fsp3) is 0. The fourth-order valence-corrected chi connectivity index (χ4v) is 1.71. The van der Waals surface area contributed by atoms with Crippen LogP contribution in [0.2, 0.25) is 0 Å². The van der Waals surface area contributed by atoms with Crippen LogP contribution in [0.3, 0.4) is 0 Å². The highest BCUT2D eigenvalue weighted by molar-refractivity contribution is 5.93. The Hall–Kier alpha value is -3.03. The average molecular weight is 294 g/mol. The van der Waals surface area contributed by atoms with Gasteiger partial charge in [0.2, 0.25) is 0 Å². The molecule has 8 heteroatoms. The number of hydrogen-bond donors (Lipinski definition) is 2. The Morgan fingerprint density at radius 3 is 2.33 bits per heavy atom. The Balaban J connectivity index is 2.44. The third kappa shape index (κ3) is 2.94. The molecular weight excluding hydrogens is 286 g/mol. The molecule has 2 aromatic rings. The smallest absolute Gasteiger partial charge is 0.342 e. The predicted octanol–water partition coefficient (Wildman–Crippen LogP) is 3.31. The van der Waals surface area contributed by atoms with E-state index in [-0.39, 0.29) is 5.69 Å². The summed E-state index contributed by atoms with van der Waals surface area (Å²) in [5.41, 5.74) is -1.64. The summed E-state index contributed by atoms with van der Waals surface area (Å²) in [5, 5.41) is 22.0. The molecule has 2 aromatic carbocycles. The molecule has 0 aliphatic rings. The number of nitrogens with zero attached hydrogens (tertiary/aromatic N) is 1. The van der Waals surface area contributed by atoms with E-state index in [1.165, 1.54) is 6.07 Å². The molecule has 0 aromatic heterocycles. The topological polar surface area (TPSA) is 92.5 Å². The van der Waals surface area contributed by atoms with Crippen LogP contribution >= 0.6 is 0 Å². The van der Waals surface area contributed by atoms with E-state index >= 15 is 0 Å². The lowest BCUT2D eigenvalue weighted by molar-refractivity contribution is -0.385. The first-order valence-electron chi connectivity index (χ1n) is 5.63. The molecule has 0 unspecified atom stereocenters. The van der Waals surface area contributed by atoms with Crippen molar-refractivity contribution < 1.29 is 23.6 Å². The number of carboxylic acid groups (broad SMARTS) is 1. The number of carboxylic acids is 1. The van der Waals surface area contributed by atoms with Crippen molar-refractivity contribution >= 4 is 23.0 Å². The minimum absolute atomic E-state index is 0.0157. The standard InChI is InChI=1S/C13H8F2N2O4/c14-9-2-1-3-10(15)12(9)16-7-4-5-11(17(20)21)8(6-7)13(18)19/h1-6,16H,(H,18,19). The quantitative estimate of drug-likeness (QED) is 0.666. The van der Waals surface area contributed by atoms with Crippen LogP contribution in [0.4, 0.5) is 25.8 Å². The van der Waals surface area contributed by atoms with Gasteiger partial charge in [-0.05, 0) is 24.3 Å². The molecule has 2 N–H and O–H groups in total. The van der Waals surface area contributed by atoms with Gasteiger partial charge in [0.1, 0.15) is 22.9 Å². The van der Waals surface area contributed by atoms with E-state index in [9.17, 15) is 23.7 Å². The van der Waals surface area contributed by atoms with Gasteiger partial charge in [-0.3, -0.25) is 10.1 Å². The van der Waals surface area contributed by atoms with Crippen molar-refractivity contribution in [3.8, 4) is 0 Å². The number of nitro benzene ring substituents is 1. The highest BCUT2D eigenvalue weighted by Crippen LogP contribution is 2.27. The Bertz CT molecular complexity index is 714. The number of para-hydroxylation sites is 1. The van der Waals surface area contributed by atoms with Gasteiger partial charge in [0.15, 0.2) is 0 Å². The summed E-state index contributed by atoms with van der Waals surface area (Å²) < 4.78 is 27.0. The maximum absolute atomic E-state index is 13.5. The average Bonchev–Trinajstić information content (AvgIpc) is 2.42. The number of rotatable bonds is 4. The summed E-state index contributed by atoms with van der Waals surface area (Å²) in [4.78, 5) is 20.8. The molecule has 0 bridgehead atoms. The number of carbonyl (C=O) groups is 1. The van der Waals surface area contributed by atoms with Gasteiger partial charge in [-0.25, -0.2) is 13.6 Å². The molecule has 6 nitrogen and oxygen atoms in total. The minimum Gasteiger partial charge on any atom is -0.477 e. The Labute approximate surface area is 116 Å². The number of nitro groups is 1. The zero-order chi connectivity index (χ0) is 15.6. The molecule has 21 heavy (non-hydrogen) atoms. The second kappa shape index (κ2) is 5.53. The van der Waals surface area contributed by atoms with Crippen molar-refractivity contribution in [3.63, 3.8) is 0 Å². The Kier molecular flexibility index (Phi) is 3.79. The second-order valence-electron chi connectivity index (χ2n) is 4.02. The van der Waals surface area contributed by atoms with E-state index in [0.717, 1.165) is 30.3 Å². The van der Waals surface area contributed by atoms with Crippen LogP contribution in [0.1, 0.15) is 10.4 Å². The van der Waals surface area contributed by atoms with Gasteiger partial charge in [-0.1, -0.05) is 6.07 Å². The molecule has 0 radical (unpaired) electrons. The van der Waals surface area contributed by atoms with Crippen molar-refractivity contribution in [2.24, 2.45) is 0 Å². The van der Waals surface area contributed by atoms with Crippen molar-refractivity contribution in [2.75, 3.05) is 5.32 Å². The molecular formula is C13H8F2N2O4. The Morgan fingerprint density at radius 1 is 1.19 bits per heavy atom. The number of halogens is 2. The summed E-state index contributed by atoms with van der Waals surface area (Å²) >= 11 is 0. The van der Waals surface area contributed by atoms with Crippen LogP contribution in [-0.2, 0) is 0 Å². The molecule has 108 valence electrons. The summed E-state index contributed by atoms with van der Waals surface area (Å²) in [6.07, 6.45) is 0. The molecule has 0 heterocycles. The summed E-state index contributed by atoms with van der Waals surface area (Å²) in [6, 6.07) is 6.27.